The van der Waals surface area contributed by atoms with Crippen LogP contribution in [0.1, 0.15) is 32.7 Å². The molecule has 1 aromatic rings. The molecule has 0 saturated carbocycles. The summed E-state index contributed by atoms with van der Waals surface area (Å²) >= 11 is 0. The van der Waals surface area contributed by atoms with Crippen LogP contribution in [0.3, 0.4) is 0 Å². The second-order valence-electron chi connectivity index (χ2n) is 3.44. The van der Waals surface area contributed by atoms with E-state index in [-0.39, 0.29) is 12.1 Å². The van der Waals surface area contributed by atoms with E-state index in [1.807, 2.05) is 13.8 Å². The third-order valence-corrected chi connectivity index (χ3v) is 1.77. The lowest BCUT2D eigenvalue weighted by Crippen LogP contribution is -2.21. The van der Waals surface area contributed by atoms with E-state index in [0.717, 1.165) is 0 Å². The lowest BCUT2D eigenvalue weighted by molar-refractivity contribution is 0.140. The SMILES string of the molecule is CCOCC(C)Nc1nnc(C(C)N)o1. The summed E-state index contributed by atoms with van der Waals surface area (Å²) in [5.74, 6) is 0.432. The predicted molar refractivity (Wildman–Crippen MR) is 56.5 cm³/mol. The van der Waals surface area contributed by atoms with Gasteiger partial charge in [-0.2, -0.15) is 0 Å². The molecule has 2 unspecified atom stereocenters. The second-order valence-corrected chi connectivity index (χ2v) is 3.44. The minimum atomic E-state index is -0.241. The molecule has 6 nitrogen and oxygen atoms in total. The highest BCUT2D eigenvalue weighted by atomic mass is 16.5. The Hall–Kier alpha value is -1.14. The maximum Gasteiger partial charge on any atom is 0.315 e. The Kier molecular flexibility index (Phi) is 4.51. The number of rotatable bonds is 6. The van der Waals surface area contributed by atoms with Gasteiger partial charge in [0.05, 0.1) is 18.7 Å². The van der Waals surface area contributed by atoms with Crippen LogP contribution in [0.4, 0.5) is 6.01 Å². The van der Waals surface area contributed by atoms with Crippen LogP contribution in [0, 0.1) is 0 Å². The van der Waals surface area contributed by atoms with Gasteiger partial charge in [0.2, 0.25) is 5.89 Å². The average Bonchev–Trinajstić information content (AvgIpc) is 2.63. The average molecular weight is 214 g/mol. The van der Waals surface area contributed by atoms with Gasteiger partial charge in [0.25, 0.3) is 0 Å². The Labute approximate surface area is 89.2 Å². The summed E-state index contributed by atoms with van der Waals surface area (Å²) in [6.45, 7) is 7.02. The molecule has 0 radical (unpaired) electrons. The molecule has 0 amide bonds. The molecule has 1 aromatic heterocycles. The van der Waals surface area contributed by atoms with Gasteiger partial charge in [0, 0.05) is 6.61 Å². The Bertz CT molecular complexity index is 287. The molecular weight excluding hydrogens is 196 g/mol. The number of anilines is 1. The maximum absolute atomic E-state index is 5.59. The molecule has 0 aliphatic carbocycles. The minimum Gasteiger partial charge on any atom is -0.406 e. The Morgan fingerprint density at radius 2 is 2.20 bits per heavy atom. The summed E-state index contributed by atoms with van der Waals surface area (Å²) in [7, 11) is 0. The van der Waals surface area contributed by atoms with E-state index < -0.39 is 0 Å². The van der Waals surface area contributed by atoms with E-state index in [0.29, 0.717) is 25.1 Å². The van der Waals surface area contributed by atoms with E-state index in [4.69, 9.17) is 14.9 Å². The number of aromatic nitrogens is 2. The summed E-state index contributed by atoms with van der Waals surface area (Å²) in [5, 5.41) is 10.7. The van der Waals surface area contributed by atoms with Gasteiger partial charge < -0.3 is 20.2 Å². The van der Waals surface area contributed by atoms with Crippen LogP contribution in [-0.4, -0.2) is 29.5 Å². The monoisotopic (exact) mass is 214 g/mol. The molecule has 86 valence electrons. The third-order valence-electron chi connectivity index (χ3n) is 1.77. The fourth-order valence-electron chi connectivity index (χ4n) is 1.02. The topological polar surface area (TPSA) is 86.2 Å². The molecule has 6 heteroatoms. The van der Waals surface area contributed by atoms with Gasteiger partial charge in [-0.1, -0.05) is 5.10 Å². The van der Waals surface area contributed by atoms with Crippen LogP contribution < -0.4 is 11.1 Å². The molecule has 3 N–H and O–H groups in total. The van der Waals surface area contributed by atoms with Crippen LogP contribution in [0.2, 0.25) is 0 Å². The van der Waals surface area contributed by atoms with Gasteiger partial charge in [-0.05, 0) is 20.8 Å². The fourth-order valence-corrected chi connectivity index (χ4v) is 1.02. The lowest BCUT2D eigenvalue weighted by Gasteiger charge is -2.10. The third kappa shape index (κ3) is 3.85. The van der Waals surface area contributed by atoms with Crippen molar-refractivity contribution in [3.8, 4) is 0 Å². The minimum absolute atomic E-state index is 0.131. The Morgan fingerprint density at radius 1 is 1.47 bits per heavy atom. The van der Waals surface area contributed by atoms with Crippen molar-refractivity contribution in [3.63, 3.8) is 0 Å². The normalized spacial score (nSPS) is 14.9. The van der Waals surface area contributed by atoms with Gasteiger partial charge in [0.15, 0.2) is 0 Å². The van der Waals surface area contributed by atoms with Crippen molar-refractivity contribution in [2.45, 2.75) is 32.9 Å². The molecule has 0 spiro atoms. The quantitative estimate of drug-likeness (QED) is 0.732. The molecule has 0 aromatic carbocycles. The zero-order valence-electron chi connectivity index (χ0n) is 9.36. The molecule has 0 aliphatic rings. The summed E-state index contributed by atoms with van der Waals surface area (Å²) in [6, 6.07) is 0.274. The summed E-state index contributed by atoms with van der Waals surface area (Å²) < 4.78 is 10.5. The number of nitrogens with zero attached hydrogens (tertiary/aromatic N) is 2. The van der Waals surface area contributed by atoms with Crippen LogP contribution in [0.5, 0.6) is 0 Å². The molecule has 2 atom stereocenters. The van der Waals surface area contributed by atoms with Crippen LogP contribution in [-0.2, 0) is 4.74 Å². The van der Waals surface area contributed by atoms with E-state index >= 15 is 0 Å². The molecular formula is C9H18N4O2. The number of hydrogen-bond acceptors (Lipinski definition) is 6. The highest BCUT2D eigenvalue weighted by Crippen LogP contribution is 2.11. The van der Waals surface area contributed by atoms with E-state index in [9.17, 15) is 0 Å². The maximum atomic E-state index is 5.59. The predicted octanol–water partition coefficient (Wildman–Crippen LogP) is 0.926. The van der Waals surface area contributed by atoms with Gasteiger partial charge >= 0.3 is 6.01 Å². The van der Waals surface area contributed by atoms with E-state index in [1.165, 1.54) is 0 Å². The number of nitrogens with two attached hydrogens (primary N) is 1. The number of nitrogens with one attached hydrogen (secondary N) is 1. The zero-order valence-corrected chi connectivity index (χ0v) is 9.36. The first-order valence-corrected chi connectivity index (χ1v) is 5.06. The first-order chi connectivity index (χ1) is 7.13. The Balaban J connectivity index is 2.42. The largest absolute Gasteiger partial charge is 0.406 e. The van der Waals surface area contributed by atoms with E-state index in [1.54, 1.807) is 6.92 Å². The highest BCUT2D eigenvalue weighted by molar-refractivity contribution is 5.19. The Morgan fingerprint density at radius 3 is 2.73 bits per heavy atom. The highest BCUT2D eigenvalue weighted by Gasteiger charge is 2.11. The van der Waals surface area contributed by atoms with Crippen LogP contribution in [0.15, 0.2) is 4.42 Å². The molecule has 1 rings (SSSR count). The summed E-state index contributed by atoms with van der Waals surface area (Å²) in [6.07, 6.45) is 0. The van der Waals surface area contributed by atoms with Crippen molar-refractivity contribution in [1.82, 2.24) is 10.2 Å². The van der Waals surface area contributed by atoms with Crippen LogP contribution in [0.25, 0.3) is 0 Å². The molecule has 0 bridgehead atoms. The second kappa shape index (κ2) is 5.67. The molecule has 15 heavy (non-hydrogen) atoms. The van der Waals surface area contributed by atoms with Crippen molar-refractivity contribution in [3.05, 3.63) is 5.89 Å². The number of hydrogen-bond donors (Lipinski definition) is 2. The van der Waals surface area contributed by atoms with Gasteiger partial charge in [-0.25, -0.2) is 0 Å². The standard InChI is InChI=1S/C9H18N4O2/c1-4-14-5-6(2)11-9-13-12-8(15-9)7(3)10/h6-7H,4-5,10H2,1-3H3,(H,11,13). The van der Waals surface area contributed by atoms with Crippen molar-refractivity contribution >= 4 is 6.01 Å². The van der Waals surface area contributed by atoms with Gasteiger partial charge in [0.1, 0.15) is 0 Å². The zero-order chi connectivity index (χ0) is 11.3. The number of ether oxygens (including phenoxy) is 1. The van der Waals surface area contributed by atoms with Gasteiger partial charge in [-0.15, -0.1) is 5.10 Å². The molecule has 1 heterocycles. The van der Waals surface area contributed by atoms with Crippen molar-refractivity contribution in [2.24, 2.45) is 5.73 Å². The fraction of sp³-hybridized carbons (Fsp3) is 0.778. The smallest absolute Gasteiger partial charge is 0.315 e. The molecule has 0 fully saturated rings. The molecule has 0 aliphatic heterocycles. The van der Waals surface area contributed by atoms with E-state index in [2.05, 4.69) is 15.5 Å². The molecule has 0 saturated heterocycles. The van der Waals surface area contributed by atoms with Crippen LogP contribution >= 0.6 is 0 Å². The summed E-state index contributed by atoms with van der Waals surface area (Å²) in [5.41, 5.74) is 5.59. The first-order valence-electron chi connectivity index (χ1n) is 5.06. The first kappa shape index (κ1) is 11.9. The van der Waals surface area contributed by atoms with Crippen molar-refractivity contribution in [1.29, 1.82) is 0 Å². The van der Waals surface area contributed by atoms with Crippen molar-refractivity contribution in [2.75, 3.05) is 18.5 Å². The van der Waals surface area contributed by atoms with Crippen molar-refractivity contribution < 1.29 is 9.15 Å². The van der Waals surface area contributed by atoms with Gasteiger partial charge in [-0.3, -0.25) is 0 Å². The summed E-state index contributed by atoms with van der Waals surface area (Å²) in [4.78, 5) is 0. The lowest BCUT2D eigenvalue weighted by atomic mass is 10.4.